The van der Waals surface area contributed by atoms with Gasteiger partial charge in [0.2, 0.25) is 0 Å². The first-order chi connectivity index (χ1) is 14.6. The molecular weight excluding hydrogens is 423 g/mol. The summed E-state index contributed by atoms with van der Waals surface area (Å²) in [4.78, 5) is 8.31. The van der Waals surface area contributed by atoms with E-state index in [0.29, 0.717) is 21.9 Å². The van der Waals surface area contributed by atoms with Crippen molar-refractivity contribution in [1.82, 2.24) is 24.3 Å². The van der Waals surface area contributed by atoms with Crippen LogP contribution in [-0.4, -0.2) is 51.4 Å². The molecule has 5 heterocycles. The van der Waals surface area contributed by atoms with Crippen LogP contribution in [0.5, 0.6) is 0 Å². The molecule has 0 radical (unpaired) electrons. The maximum atomic E-state index is 13.0. The first-order valence-electron chi connectivity index (χ1n) is 10.3. The first kappa shape index (κ1) is 19.0. The summed E-state index contributed by atoms with van der Waals surface area (Å²) in [5.41, 5.74) is 3.13. The van der Waals surface area contributed by atoms with Gasteiger partial charge in [0.25, 0.3) is 0 Å². The lowest BCUT2D eigenvalue weighted by Crippen LogP contribution is -2.23. The Morgan fingerprint density at radius 1 is 1.30 bits per heavy atom. The molecule has 0 spiro atoms. The molecule has 2 saturated heterocycles. The number of halogens is 1. The van der Waals surface area contributed by atoms with Crippen molar-refractivity contribution in [2.24, 2.45) is 11.8 Å². The number of aromatic nitrogens is 4. The minimum absolute atomic E-state index is 0.231. The second kappa shape index (κ2) is 7.15. The van der Waals surface area contributed by atoms with E-state index >= 15 is 0 Å². The molecule has 30 heavy (non-hydrogen) atoms. The van der Waals surface area contributed by atoms with Crippen LogP contribution in [0.2, 0.25) is 0 Å². The van der Waals surface area contributed by atoms with Gasteiger partial charge in [0.05, 0.1) is 25.1 Å². The van der Waals surface area contributed by atoms with Gasteiger partial charge >= 0.3 is 0 Å². The van der Waals surface area contributed by atoms with Gasteiger partial charge in [0, 0.05) is 41.6 Å². The highest BCUT2D eigenvalue weighted by Gasteiger charge is 2.39. The second-order valence-electron chi connectivity index (χ2n) is 8.76. The lowest BCUT2D eigenvalue weighted by Gasteiger charge is -2.22. The van der Waals surface area contributed by atoms with E-state index in [-0.39, 0.29) is 5.54 Å². The Balaban J connectivity index is 1.41. The van der Waals surface area contributed by atoms with Gasteiger partial charge in [-0.2, -0.15) is 0 Å². The summed E-state index contributed by atoms with van der Waals surface area (Å²) < 4.78 is 24.4. The molecular formula is C20H23FN6OS2. The molecule has 1 aliphatic carbocycles. The van der Waals surface area contributed by atoms with Crippen LogP contribution in [0, 0.1) is 11.8 Å². The Morgan fingerprint density at radius 2 is 2.10 bits per heavy atom. The molecule has 1 unspecified atom stereocenters. The van der Waals surface area contributed by atoms with E-state index in [1.165, 1.54) is 24.2 Å². The number of rotatable bonds is 6. The summed E-state index contributed by atoms with van der Waals surface area (Å²) in [6.07, 6.45) is 6.34. The van der Waals surface area contributed by atoms with E-state index in [4.69, 9.17) is 9.72 Å². The number of pyridine rings is 1. The Kier molecular flexibility index (Phi) is 4.52. The highest BCUT2D eigenvalue weighted by molar-refractivity contribution is 7.97. The largest absolute Gasteiger partial charge is 0.381 e. The molecule has 7 nitrogen and oxygen atoms in total. The van der Waals surface area contributed by atoms with Crippen LogP contribution in [0.4, 0.5) is 10.1 Å². The molecule has 3 aromatic heterocycles. The third kappa shape index (κ3) is 3.30. The molecule has 158 valence electrons. The molecule has 2 aliphatic heterocycles. The summed E-state index contributed by atoms with van der Waals surface area (Å²) in [5.74, 6) is 1.18. The predicted octanol–water partition coefficient (Wildman–Crippen LogP) is 3.55. The molecule has 3 aliphatic rings. The van der Waals surface area contributed by atoms with Crippen molar-refractivity contribution < 1.29 is 9.13 Å². The van der Waals surface area contributed by atoms with Crippen LogP contribution in [0.1, 0.15) is 24.8 Å². The van der Waals surface area contributed by atoms with Gasteiger partial charge in [-0.15, -0.1) is 10.2 Å². The normalized spacial score (nSPS) is 24.7. The second-order valence-corrected chi connectivity index (χ2v) is 10.7. The molecule has 6 rings (SSSR count). The van der Waals surface area contributed by atoms with Crippen molar-refractivity contribution in [3.8, 4) is 10.7 Å². The molecule has 0 bridgehead atoms. The standard InChI is InChI=1S/C20H23FN6OS2/c1-20(2-3-20)25-30-14-4-15(26-7-12-10-28-11-13(12)8-26)18-22-6-16(27(18)9-14)19-24-23-17(5-21)29-19/h4,6,9,12-13,25H,2-3,5,7-8,10-11H2,1H3/t12-,13?/m1/s1. The lowest BCUT2D eigenvalue weighted by molar-refractivity contribution is 0.177. The number of alkyl halides is 1. The number of ether oxygens (including phenoxy) is 1. The Hall–Kier alpha value is -1.75. The predicted molar refractivity (Wildman–Crippen MR) is 116 cm³/mol. The fourth-order valence-corrected chi connectivity index (χ4v) is 5.85. The van der Waals surface area contributed by atoms with Gasteiger partial charge in [-0.25, -0.2) is 9.37 Å². The van der Waals surface area contributed by atoms with Crippen LogP contribution < -0.4 is 9.62 Å². The van der Waals surface area contributed by atoms with Crippen molar-refractivity contribution in [3.63, 3.8) is 0 Å². The van der Waals surface area contributed by atoms with Crippen molar-refractivity contribution in [2.45, 2.75) is 36.9 Å². The summed E-state index contributed by atoms with van der Waals surface area (Å²) in [5, 5.41) is 9.22. The van der Waals surface area contributed by atoms with E-state index in [0.717, 1.165) is 48.2 Å². The zero-order chi connectivity index (χ0) is 20.3. The van der Waals surface area contributed by atoms with E-state index in [1.807, 2.05) is 6.20 Å². The number of nitrogens with zero attached hydrogens (tertiary/aromatic N) is 5. The van der Waals surface area contributed by atoms with Crippen LogP contribution in [0.3, 0.4) is 0 Å². The SMILES string of the molecule is CC1(NSc2cc(N3CC4COC[C@H]4C3)c3ncc(-c4nnc(CF)s4)n3c2)CC1. The van der Waals surface area contributed by atoms with Gasteiger partial charge in [0.15, 0.2) is 10.7 Å². The number of imidazole rings is 1. The average Bonchev–Trinajstić information content (AvgIpc) is 3.25. The van der Waals surface area contributed by atoms with Gasteiger partial charge in [-0.1, -0.05) is 11.3 Å². The number of nitrogens with one attached hydrogen (secondary N) is 1. The molecule has 3 aromatic rings. The molecule has 2 atom stereocenters. The minimum Gasteiger partial charge on any atom is -0.381 e. The molecule has 0 amide bonds. The van der Waals surface area contributed by atoms with Crippen molar-refractivity contribution in [2.75, 3.05) is 31.2 Å². The molecule has 10 heteroatoms. The number of fused-ring (bicyclic) bond motifs is 2. The number of anilines is 1. The fourth-order valence-electron chi connectivity index (χ4n) is 4.26. The summed E-state index contributed by atoms with van der Waals surface area (Å²) in [7, 11) is 0. The van der Waals surface area contributed by atoms with Gasteiger partial charge in [-0.3, -0.25) is 9.12 Å². The van der Waals surface area contributed by atoms with E-state index in [2.05, 4.69) is 43.4 Å². The summed E-state index contributed by atoms with van der Waals surface area (Å²) in [6, 6.07) is 2.24. The van der Waals surface area contributed by atoms with Crippen molar-refractivity contribution >= 4 is 34.6 Å². The average molecular weight is 447 g/mol. The zero-order valence-corrected chi connectivity index (χ0v) is 18.3. The van der Waals surface area contributed by atoms with Crippen LogP contribution in [0.25, 0.3) is 16.3 Å². The summed E-state index contributed by atoms with van der Waals surface area (Å²) >= 11 is 2.95. The molecule has 1 N–H and O–H groups in total. The fraction of sp³-hybridized carbons (Fsp3) is 0.550. The Morgan fingerprint density at radius 3 is 2.80 bits per heavy atom. The minimum atomic E-state index is -0.595. The first-order valence-corrected chi connectivity index (χ1v) is 11.9. The smallest absolute Gasteiger partial charge is 0.166 e. The monoisotopic (exact) mass is 446 g/mol. The molecule has 0 aromatic carbocycles. The lowest BCUT2D eigenvalue weighted by atomic mass is 10.0. The topological polar surface area (TPSA) is 67.6 Å². The molecule has 1 saturated carbocycles. The van der Waals surface area contributed by atoms with Crippen molar-refractivity contribution in [1.29, 1.82) is 0 Å². The number of hydrogen-bond acceptors (Lipinski definition) is 8. The maximum Gasteiger partial charge on any atom is 0.166 e. The highest BCUT2D eigenvalue weighted by atomic mass is 32.2. The Labute approximate surface area is 182 Å². The van der Waals surface area contributed by atoms with E-state index in [9.17, 15) is 4.39 Å². The third-order valence-corrected chi connectivity index (χ3v) is 8.32. The van der Waals surface area contributed by atoms with Crippen LogP contribution in [-0.2, 0) is 11.4 Å². The van der Waals surface area contributed by atoms with Crippen LogP contribution >= 0.6 is 23.3 Å². The number of hydrogen-bond donors (Lipinski definition) is 1. The van der Waals surface area contributed by atoms with E-state index in [1.54, 1.807) is 11.9 Å². The van der Waals surface area contributed by atoms with Crippen molar-refractivity contribution in [3.05, 3.63) is 23.5 Å². The van der Waals surface area contributed by atoms with Gasteiger partial charge in [0.1, 0.15) is 17.4 Å². The van der Waals surface area contributed by atoms with Gasteiger partial charge < -0.3 is 9.64 Å². The summed E-state index contributed by atoms with van der Waals surface area (Å²) in [6.45, 7) is 5.34. The van der Waals surface area contributed by atoms with Gasteiger partial charge in [-0.05, 0) is 37.8 Å². The highest BCUT2D eigenvalue weighted by Crippen LogP contribution is 2.40. The Bertz CT molecular complexity index is 1080. The maximum absolute atomic E-state index is 13.0. The zero-order valence-electron chi connectivity index (χ0n) is 16.7. The quantitative estimate of drug-likeness (QED) is 0.581. The van der Waals surface area contributed by atoms with Crippen LogP contribution in [0.15, 0.2) is 23.4 Å². The van der Waals surface area contributed by atoms with E-state index < -0.39 is 6.67 Å². The molecule has 3 fully saturated rings. The third-order valence-electron chi connectivity index (χ3n) is 6.36.